The van der Waals surface area contributed by atoms with E-state index >= 15 is 0 Å². The maximum Gasteiger partial charge on any atom is 0.103 e. The third-order valence-corrected chi connectivity index (χ3v) is 4.28. The monoisotopic (exact) mass is 295 g/mol. The van der Waals surface area contributed by atoms with Crippen molar-refractivity contribution >= 4 is 16.8 Å². The van der Waals surface area contributed by atoms with Crippen molar-refractivity contribution in [1.29, 1.82) is 0 Å². The third kappa shape index (κ3) is 4.06. The van der Waals surface area contributed by atoms with Crippen LogP contribution in [0.4, 0.5) is 0 Å². The highest BCUT2D eigenvalue weighted by Crippen LogP contribution is 2.28. The normalized spacial score (nSPS) is 16.2. The molecular formula is C18H17NOS. The lowest BCUT2D eigenvalue weighted by Gasteiger charge is -2.02. The van der Waals surface area contributed by atoms with Gasteiger partial charge in [0.15, 0.2) is 0 Å². The molecule has 0 atom stereocenters. The third-order valence-electron chi connectivity index (χ3n) is 3.17. The van der Waals surface area contributed by atoms with E-state index in [9.17, 15) is 0 Å². The minimum Gasteiger partial charge on any atom is -0.373 e. The van der Waals surface area contributed by atoms with Gasteiger partial charge in [-0.2, -0.15) is 0 Å². The predicted octanol–water partition coefficient (Wildman–Crippen LogP) is 4.28. The van der Waals surface area contributed by atoms with Crippen LogP contribution in [-0.4, -0.2) is 18.2 Å². The number of thioether (sulfide) groups is 1. The number of nitrogens with zero attached hydrogens (tertiary/aromatic N) is 1. The molecular weight excluding hydrogens is 278 g/mol. The first-order valence-corrected chi connectivity index (χ1v) is 7.82. The highest BCUT2D eigenvalue weighted by molar-refractivity contribution is 8.18. The van der Waals surface area contributed by atoms with Crippen LogP contribution in [-0.2, 0) is 11.3 Å². The summed E-state index contributed by atoms with van der Waals surface area (Å²) in [7, 11) is 0. The molecule has 1 heterocycles. The molecule has 0 spiro atoms. The Morgan fingerprint density at radius 3 is 2.48 bits per heavy atom. The van der Waals surface area contributed by atoms with Crippen LogP contribution >= 0.6 is 11.8 Å². The van der Waals surface area contributed by atoms with E-state index in [4.69, 9.17) is 4.74 Å². The van der Waals surface area contributed by atoms with Crippen LogP contribution in [0.2, 0.25) is 0 Å². The number of ether oxygens (including phenoxy) is 1. The van der Waals surface area contributed by atoms with Gasteiger partial charge in [0.1, 0.15) is 5.04 Å². The molecule has 0 aromatic heterocycles. The van der Waals surface area contributed by atoms with Gasteiger partial charge >= 0.3 is 0 Å². The molecule has 0 radical (unpaired) electrons. The molecule has 2 aromatic rings. The fourth-order valence-corrected chi connectivity index (χ4v) is 2.99. The first-order valence-electron chi connectivity index (χ1n) is 7.00. The maximum absolute atomic E-state index is 5.68. The fraction of sp³-hybridized carbons (Fsp3) is 0.167. The summed E-state index contributed by atoms with van der Waals surface area (Å²) in [6, 6.07) is 20.5. The molecule has 0 saturated heterocycles. The van der Waals surface area contributed by atoms with E-state index in [1.165, 1.54) is 16.0 Å². The van der Waals surface area contributed by atoms with Crippen LogP contribution in [0.1, 0.15) is 11.1 Å². The van der Waals surface area contributed by atoms with Crippen molar-refractivity contribution in [1.82, 2.24) is 0 Å². The second-order valence-electron chi connectivity index (χ2n) is 4.76. The van der Waals surface area contributed by atoms with Crippen molar-refractivity contribution in [3.05, 3.63) is 82.8 Å². The maximum atomic E-state index is 5.68. The predicted molar refractivity (Wildman–Crippen MR) is 89.6 cm³/mol. The second kappa shape index (κ2) is 7.25. The molecule has 3 rings (SSSR count). The zero-order valence-corrected chi connectivity index (χ0v) is 12.6. The molecule has 0 unspecified atom stereocenters. The molecule has 2 nitrogen and oxygen atoms in total. The highest BCUT2D eigenvalue weighted by Gasteiger charge is 2.13. The molecule has 21 heavy (non-hydrogen) atoms. The summed E-state index contributed by atoms with van der Waals surface area (Å²) in [6.07, 6.45) is 2.13. The zero-order valence-electron chi connectivity index (χ0n) is 11.7. The van der Waals surface area contributed by atoms with Gasteiger partial charge in [0.05, 0.1) is 19.8 Å². The van der Waals surface area contributed by atoms with Crippen molar-refractivity contribution in [3.63, 3.8) is 0 Å². The minimum absolute atomic E-state index is 0.634. The lowest BCUT2D eigenvalue weighted by atomic mass is 10.2. The van der Waals surface area contributed by atoms with Gasteiger partial charge in [-0.05, 0) is 11.6 Å². The van der Waals surface area contributed by atoms with Crippen LogP contribution < -0.4 is 0 Å². The van der Waals surface area contributed by atoms with Gasteiger partial charge in [-0.1, -0.05) is 72.4 Å². The molecule has 3 heteroatoms. The smallest absolute Gasteiger partial charge is 0.103 e. The van der Waals surface area contributed by atoms with E-state index < -0.39 is 0 Å². The summed E-state index contributed by atoms with van der Waals surface area (Å²) in [5.41, 5.74) is 2.40. The van der Waals surface area contributed by atoms with Crippen LogP contribution in [0, 0.1) is 0 Å². The topological polar surface area (TPSA) is 21.6 Å². The van der Waals surface area contributed by atoms with Gasteiger partial charge in [-0.15, -0.1) is 0 Å². The van der Waals surface area contributed by atoms with E-state index in [1.54, 1.807) is 11.8 Å². The van der Waals surface area contributed by atoms with E-state index in [0.717, 1.165) is 11.6 Å². The van der Waals surface area contributed by atoms with Gasteiger partial charge in [-0.25, -0.2) is 0 Å². The van der Waals surface area contributed by atoms with Gasteiger partial charge in [0.25, 0.3) is 0 Å². The number of hydrogen-bond acceptors (Lipinski definition) is 3. The Labute approximate surface area is 129 Å². The molecule has 0 amide bonds. The Balaban J connectivity index is 1.47. The first kappa shape index (κ1) is 14.1. The van der Waals surface area contributed by atoms with Crippen LogP contribution in [0.15, 0.2) is 76.6 Å². The average Bonchev–Trinajstić information content (AvgIpc) is 3.02. The standard InChI is InChI=1S/C18H17NOS/c1-3-7-15(8-4-1)14-20-12-11-17-13-19-18(21-17)16-9-5-2-6-10-16/h1-11H,12-14H2/b17-11-. The van der Waals surface area contributed by atoms with Crippen molar-refractivity contribution in [3.8, 4) is 0 Å². The van der Waals surface area contributed by atoms with Gasteiger partial charge in [0.2, 0.25) is 0 Å². The van der Waals surface area contributed by atoms with E-state index in [0.29, 0.717) is 13.2 Å². The van der Waals surface area contributed by atoms with Crippen LogP contribution in [0.3, 0.4) is 0 Å². The molecule has 106 valence electrons. The van der Waals surface area contributed by atoms with Crippen molar-refractivity contribution in [2.45, 2.75) is 6.61 Å². The quantitative estimate of drug-likeness (QED) is 0.768. The van der Waals surface area contributed by atoms with E-state index in [1.807, 2.05) is 36.4 Å². The SMILES string of the molecule is C(/COCc1ccccc1)=C1\CN=C(c2ccccc2)S1. The molecule has 0 bridgehead atoms. The van der Waals surface area contributed by atoms with Crippen LogP contribution in [0.25, 0.3) is 0 Å². The number of aliphatic imine (C=N–C) groups is 1. The van der Waals surface area contributed by atoms with Crippen molar-refractivity contribution in [2.75, 3.05) is 13.2 Å². The Bertz CT molecular complexity index is 635. The summed E-state index contributed by atoms with van der Waals surface area (Å²) < 4.78 is 5.68. The van der Waals surface area contributed by atoms with Gasteiger partial charge in [-0.3, -0.25) is 4.99 Å². The number of hydrogen-bond donors (Lipinski definition) is 0. The molecule has 0 saturated carbocycles. The largest absolute Gasteiger partial charge is 0.373 e. The molecule has 1 aliphatic rings. The summed E-state index contributed by atoms with van der Waals surface area (Å²) in [5.74, 6) is 0. The van der Waals surface area contributed by atoms with E-state index in [-0.39, 0.29) is 0 Å². The number of benzene rings is 2. The van der Waals surface area contributed by atoms with Crippen molar-refractivity contribution in [2.24, 2.45) is 4.99 Å². The summed E-state index contributed by atoms with van der Waals surface area (Å²) in [4.78, 5) is 5.85. The lowest BCUT2D eigenvalue weighted by molar-refractivity contribution is 0.148. The molecule has 1 aliphatic heterocycles. The average molecular weight is 295 g/mol. The Kier molecular flexibility index (Phi) is 4.87. The first-order chi connectivity index (χ1) is 10.4. The fourth-order valence-electron chi connectivity index (χ4n) is 2.08. The van der Waals surface area contributed by atoms with E-state index in [2.05, 4.69) is 35.3 Å². The Morgan fingerprint density at radius 2 is 1.71 bits per heavy atom. The Hall–Kier alpha value is -1.84. The summed E-state index contributed by atoms with van der Waals surface area (Å²) in [6.45, 7) is 2.06. The molecule has 0 aliphatic carbocycles. The minimum atomic E-state index is 0.634. The van der Waals surface area contributed by atoms with Gasteiger partial charge < -0.3 is 4.74 Å². The van der Waals surface area contributed by atoms with Gasteiger partial charge in [0, 0.05) is 10.5 Å². The van der Waals surface area contributed by atoms with Crippen LogP contribution in [0.5, 0.6) is 0 Å². The summed E-state index contributed by atoms with van der Waals surface area (Å²) >= 11 is 1.74. The molecule has 0 fully saturated rings. The second-order valence-corrected chi connectivity index (χ2v) is 5.88. The summed E-state index contributed by atoms with van der Waals surface area (Å²) in [5, 5.41) is 1.10. The molecule has 0 N–H and O–H groups in total. The molecule has 2 aromatic carbocycles. The lowest BCUT2D eigenvalue weighted by Crippen LogP contribution is -1.93. The number of rotatable bonds is 5. The zero-order chi connectivity index (χ0) is 14.3. The Morgan fingerprint density at radius 1 is 1.00 bits per heavy atom. The highest BCUT2D eigenvalue weighted by atomic mass is 32.2. The van der Waals surface area contributed by atoms with Crippen molar-refractivity contribution < 1.29 is 4.74 Å².